The maximum atomic E-state index is 13.2. The fourth-order valence-electron chi connectivity index (χ4n) is 1.10. The average molecular weight is 260 g/mol. The molecule has 2 nitrogen and oxygen atoms in total. The van der Waals surface area contributed by atoms with Gasteiger partial charge in [-0.1, -0.05) is 28.1 Å². The Morgan fingerprint density at radius 3 is 2.86 bits per heavy atom. The summed E-state index contributed by atoms with van der Waals surface area (Å²) in [5, 5.41) is 0. The molecule has 0 aromatic heterocycles. The SMILES string of the molecule is COc1c(F)ccc(Br)c1/C=C/CN. The third-order valence-corrected chi connectivity index (χ3v) is 2.41. The zero-order valence-electron chi connectivity index (χ0n) is 7.76. The first-order valence-electron chi connectivity index (χ1n) is 4.09. The summed E-state index contributed by atoms with van der Waals surface area (Å²) >= 11 is 3.31. The summed E-state index contributed by atoms with van der Waals surface area (Å²) in [4.78, 5) is 0. The molecule has 0 saturated heterocycles. The molecular formula is C10H11BrFNO. The number of benzene rings is 1. The first-order valence-corrected chi connectivity index (χ1v) is 4.88. The zero-order chi connectivity index (χ0) is 10.6. The lowest BCUT2D eigenvalue weighted by molar-refractivity contribution is 0.385. The van der Waals surface area contributed by atoms with E-state index in [2.05, 4.69) is 15.9 Å². The molecule has 14 heavy (non-hydrogen) atoms. The first kappa shape index (κ1) is 11.2. The molecule has 0 aliphatic carbocycles. The van der Waals surface area contributed by atoms with Crippen LogP contribution in [0, 0.1) is 5.82 Å². The topological polar surface area (TPSA) is 35.2 Å². The molecule has 0 amide bonds. The van der Waals surface area contributed by atoms with Gasteiger partial charge < -0.3 is 10.5 Å². The minimum atomic E-state index is -0.382. The second-order valence-corrected chi connectivity index (χ2v) is 3.47. The Labute approximate surface area is 90.7 Å². The third-order valence-electron chi connectivity index (χ3n) is 1.72. The van der Waals surface area contributed by atoms with Crippen LogP contribution in [0.3, 0.4) is 0 Å². The van der Waals surface area contributed by atoms with Gasteiger partial charge in [0.2, 0.25) is 0 Å². The van der Waals surface area contributed by atoms with E-state index < -0.39 is 0 Å². The lowest BCUT2D eigenvalue weighted by atomic mass is 10.2. The van der Waals surface area contributed by atoms with E-state index in [-0.39, 0.29) is 11.6 Å². The van der Waals surface area contributed by atoms with Gasteiger partial charge in [0.1, 0.15) is 0 Å². The van der Waals surface area contributed by atoms with Crippen LogP contribution in [0.1, 0.15) is 5.56 Å². The van der Waals surface area contributed by atoms with E-state index in [1.54, 1.807) is 18.2 Å². The van der Waals surface area contributed by atoms with Gasteiger partial charge in [-0.05, 0) is 12.1 Å². The van der Waals surface area contributed by atoms with Crippen molar-refractivity contribution in [2.45, 2.75) is 0 Å². The maximum absolute atomic E-state index is 13.2. The van der Waals surface area contributed by atoms with Gasteiger partial charge >= 0.3 is 0 Å². The molecule has 0 aliphatic rings. The molecule has 76 valence electrons. The zero-order valence-corrected chi connectivity index (χ0v) is 9.34. The smallest absolute Gasteiger partial charge is 0.165 e. The van der Waals surface area contributed by atoms with Crippen molar-refractivity contribution in [2.24, 2.45) is 5.73 Å². The average Bonchev–Trinajstić information content (AvgIpc) is 2.19. The highest BCUT2D eigenvalue weighted by molar-refractivity contribution is 9.10. The molecule has 1 rings (SSSR count). The number of rotatable bonds is 3. The molecule has 0 unspecified atom stereocenters. The van der Waals surface area contributed by atoms with Gasteiger partial charge in [0.05, 0.1) is 7.11 Å². The lowest BCUT2D eigenvalue weighted by Crippen LogP contribution is -1.95. The van der Waals surface area contributed by atoms with Crippen molar-refractivity contribution in [3.63, 3.8) is 0 Å². The number of ether oxygens (including phenoxy) is 1. The predicted octanol–water partition coefficient (Wildman–Crippen LogP) is 2.57. The standard InChI is InChI=1S/C10H11BrFNO/c1-14-10-7(3-2-6-13)8(11)4-5-9(10)12/h2-5H,6,13H2,1H3/b3-2+. The quantitative estimate of drug-likeness (QED) is 0.906. The van der Waals surface area contributed by atoms with E-state index in [1.807, 2.05) is 0 Å². The molecule has 0 spiro atoms. The molecule has 0 bridgehead atoms. The van der Waals surface area contributed by atoms with Crippen LogP contribution in [0.5, 0.6) is 5.75 Å². The Morgan fingerprint density at radius 2 is 2.29 bits per heavy atom. The number of methoxy groups -OCH3 is 1. The molecule has 1 aromatic rings. The highest BCUT2D eigenvalue weighted by Crippen LogP contribution is 2.30. The van der Waals surface area contributed by atoms with Crippen LogP contribution in [0.25, 0.3) is 6.08 Å². The third kappa shape index (κ3) is 2.33. The Bertz CT molecular complexity index is 352. The highest BCUT2D eigenvalue weighted by atomic mass is 79.9. The molecule has 1 aromatic carbocycles. The van der Waals surface area contributed by atoms with Crippen LogP contribution in [-0.4, -0.2) is 13.7 Å². The molecule has 0 aliphatic heterocycles. The van der Waals surface area contributed by atoms with Crippen LogP contribution < -0.4 is 10.5 Å². The molecule has 0 atom stereocenters. The van der Waals surface area contributed by atoms with Crippen LogP contribution >= 0.6 is 15.9 Å². The van der Waals surface area contributed by atoms with Crippen LogP contribution in [-0.2, 0) is 0 Å². The van der Waals surface area contributed by atoms with Crippen LogP contribution in [0.2, 0.25) is 0 Å². The van der Waals surface area contributed by atoms with Gasteiger partial charge in [0, 0.05) is 16.6 Å². The van der Waals surface area contributed by atoms with Gasteiger partial charge in [-0.2, -0.15) is 0 Å². The summed E-state index contributed by atoms with van der Waals surface area (Å²) in [5.74, 6) is -0.156. The summed E-state index contributed by atoms with van der Waals surface area (Å²) in [5.41, 5.74) is 5.98. The fourth-order valence-corrected chi connectivity index (χ4v) is 1.54. The maximum Gasteiger partial charge on any atom is 0.165 e. The van der Waals surface area contributed by atoms with Crippen molar-refractivity contribution in [2.75, 3.05) is 13.7 Å². The van der Waals surface area contributed by atoms with E-state index in [1.165, 1.54) is 13.2 Å². The minimum absolute atomic E-state index is 0.226. The van der Waals surface area contributed by atoms with E-state index in [9.17, 15) is 4.39 Å². The second kappa shape index (κ2) is 5.12. The number of hydrogen-bond donors (Lipinski definition) is 1. The van der Waals surface area contributed by atoms with Gasteiger partial charge in [-0.15, -0.1) is 0 Å². The molecular weight excluding hydrogens is 249 g/mol. The summed E-state index contributed by atoms with van der Waals surface area (Å²) in [6, 6.07) is 2.98. The number of hydrogen-bond acceptors (Lipinski definition) is 2. The van der Waals surface area contributed by atoms with E-state index >= 15 is 0 Å². The Balaban J connectivity index is 3.22. The van der Waals surface area contributed by atoms with Gasteiger partial charge in [0.25, 0.3) is 0 Å². The van der Waals surface area contributed by atoms with Gasteiger partial charge in [-0.25, -0.2) is 4.39 Å². The van der Waals surface area contributed by atoms with Crippen molar-refractivity contribution in [3.05, 3.63) is 34.1 Å². The Kier molecular flexibility index (Phi) is 4.10. The summed E-state index contributed by atoms with van der Waals surface area (Å²) in [6.45, 7) is 0.409. The van der Waals surface area contributed by atoms with Crippen LogP contribution in [0.4, 0.5) is 4.39 Å². The summed E-state index contributed by atoms with van der Waals surface area (Å²) < 4.78 is 19.0. The van der Waals surface area contributed by atoms with Crippen molar-refractivity contribution < 1.29 is 9.13 Å². The van der Waals surface area contributed by atoms with Crippen LogP contribution in [0.15, 0.2) is 22.7 Å². The van der Waals surface area contributed by atoms with Gasteiger partial charge in [0.15, 0.2) is 11.6 Å². The summed E-state index contributed by atoms with van der Waals surface area (Å²) in [6.07, 6.45) is 3.47. The normalized spacial score (nSPS) is 10.9. The Hall–Kier alpha value is -0.870. The fraction of sp³-hybridized carbons (Fsp3) is 0.200. The predicted molar refractivity (Wildman–Crippen MR) is 58.7 cm³/mol. The molecule has 0 heterocycles. The molecule has 4 heteroatoms. The highest BCUT2D eigenvalue weighted by Gasteiger charge is 2.09. The van der Waals surface area contributed by atoms with E-state index in [0.29, 0.717) is 12.1 Å². The van der Waals surface area contributed by atoms with Crippen molar-refractivity contribution >= 4 is 22.0 Å². The number of halogens is 2. The van der Waals surface area contributed by atoms with Crippen molar-refractivity contribution in [1.82, 2.24) is 0 Å². The van der Waals surface area contributed by atoms with E-state index in [0.717, 1.165) is 4.47 Å². The Morgan fingerprint density at radius 1 is 1.57 bits per heavy atom. The lowest BCUT2D eigenvalue weighted by Gasteiger charge is -2.07. The molecule has 0 radical (unpaired) electrons. The molecule has 0 fully saturated rings. The number of nitrogens with two attached hydrogens (primary N) is 1. The second-order valence-electron chi connectivity index (χ2n) is 2.61. The molecule has 2 N–H and O–H groups in total. The van der Waals surface area contributed by atoms with Crippen molar-refractivity contribution in [1.29, 1.82) is 0 Å². The minimum Gasteiger partial charge on any atom is -0.493 e. The molecule has 0 saturated carbocycles. The van der Waals surface area contributed by atoms with E-state index in [4.69, 9.17) is 10.5 Å². The van der Waals surface area contributed by atoms with Gasteiger partial charge in [-0.3, -0.25) is 0 Å². The first-order chi connectivity index (χ1) is 6.70. The largest absolute Gasteiger partial charge is 0.493 e. The summed E-state index contributed by atoms with van der Waals surface area (Å²) in [7, 11) is 1.44. The monoisotopic (exact) mass is 259 g/mol. The van der Waals surface area contributed by atoms with Crippen molar-refractivity contribution in [3.8, 4) is 5.75 Å².